The molecule has 8 nitrogen and oxygen atoms in total. The van der Waals surface area contributed by atoms with E-state index in [-0.39, 0.29) is 18.4 Å². The summed E-state index contributed by atoms with van der Waals surface area (Å²) in [5.41, 5.74) is 5.12. The normalized spacial score (nSPS) is 15.9. The molecule has 3 heterocycles. The number of benzene rings is 2. The summed E-state index contributed by atoms with van der Waals surface area (Å²) in [5, 5.41) is 7.64. The Kier molecular flexibility index (Phi) is 7.32. The lowest BCUT2D eigenvalue weighted by Crippen LogP contribution is -2.50. The topological polar surface area (TPSA) is 79.7 Å². The number of nitrogens with zero attached hydrogens (tertiary/aromatic N) is 4. The van der Waals surface area contributed by atoms with Crippen LogP contribution in [0.2, 0.25) is 0 Å². The maximum atomic E-state index is 13.5. The molecule has 0 spiro atoms. The van der Waals surface area contributed by atoms with Gasteiger partial charge in [-0.05, 0) is 36.1 Å². The van der Waals surface area contributed by atoms with Gasteiger partial charge in [-0.25, -0.2) is 0 Å². The maximum absolute atomic E-state index is 13.5. The summed E-state index contributed by atoms with van der Waals surface area (Å²) in [7, 11) is 1.68. The maximum Gasteiger partial charge on any atom is 0.275 e. The largest absolute Gasteiger partial charge is 0.497 e. The van der Waals surface area contributed by atoms with E-state index in [1.807, 2.05) is 22.9 Å². The number of nitrogens with one attached hydrogen (secondary N) is 1. The van der Waals surface area contributed by atoms with Crippen LogP contribution in [-0.2, 0) is 37.3 Å². The fourth-order valence-electron chi connectivity index (χ4n) is 5.11. The molecule has 1 fully saturated rings. The Bertz CT molecular complexity index is 1220. The van der Waals surface area contributed by atoms with E-state index in [1.54, 1.807) is 12.0 Å². The van der Waals surface area contributed by atoms with Crippen molar-refractivity contribution in [1.82, 2.24) is 24.9 Å². The van der Waals surface area contributed by atoms with E-state index in [2.05, 4.69) is 46.6 Å². The van der Waals surface area contributed by atoms with Gasteiger partial charge >= 0.3 is 0 Å². The van der Waals surface area contributed by atoms with Crippen molar-refractivity contribution in [2.24, 2.45) is 0 Å². The van der Waals surface area contributed by atoms with Gasteiger partial charge in [-0.3, -0.25) is 19.2 Å². The summed E-state index contributed by atoms with van der Waals surface area (Å²) < 4.78 is 7.42. The number of methoxy groups -OCH3 is 1. The predicted octanol–water partition coefficient (Wildman–Crippen LogP) is 2.65. The third-order valence-electron chi connectivity index (χ3n) is 6.96. The number of hydrogen-bond donors (Lipinski definition) is 1. The molecule has 0 saturated carbocycles. The first-order valence-electron chi connectivity index (χ1n) is 12.6. The molecule has 0 bridgehead atoms. The second-order valence-electron chi connectivity index (χ2n) is 9.47. The van der Waals surface area contributed by atoms with Crippen LogP contribution in [0.4, 0.5) is 0 Å². The van der Waals surface area contributed by atoms with Crippen LogP contribution in [0.5, 0.6) is 5.75 Å². The second-order valence-corrected chi connectivity index (χ2v) is 9.47. The molecular weight excluding hydrogens is 454 g/mol. The van der Waals surface area contributed by atoms with Crippen molar-refractivity contribution < 1.29 is 14.3 Å². The molecule has 5 rings (SSSR count). The monoisotopic (exact) mass is 487 g/mol. The van der Waals surface area contributed by atoms with E-state index >= 15 is 0 Å². The molecule has 1 N–H and O–H groups in total. The first-order chi connectivity index (χ1) is 17.6. The lowest BCUT2D eigenvalue weighted by Gasteiger charge is -2.29. The van der Waals surface area contributed by atoms with Crippen molar-refractivity contribution in [2.75, 3.05) is 33.3 Å². The minimum Gasteiger partial charge on any atom is -0.497 e. The number of carbonyl (C=O) groups is 2. The first kappa shape index (κ1) is 24.1. The molecule has 2 aromatic carbocycles. The number of aryl methyl sites for hydroxylation is 2. The Hall–Kier alpha value is -3.65. The van der Waals surface area contributed by atoms with Gasteiger partial charge in [-0.15, -0.1) is 0 Å². The number of rotatable bonds is 8. The zero-order chi connectivity index (χ0) is 24.9. The van der Waals surface area contributed by atoms with E-state index in [0.29, 0.717) is 25.3 Å². The summed E-state index contributed by atoms with van der Waals surface area (Å²) in [6.45, 7) is 4.17. The minimum atomic E-state index is -0.147. The molecule has 0 radical (unpaired) electrons. The predicted molar refractivity (Wildman–Crippen MR) is 137 cm³/mol. The number of piperazine rings is 1. The fourth-order valence-corrected chi connectivity index (χ4v) is 5.11. The zero-order valence-electron chi connectivity index (χ0n) is 20.8. The number of fused-ring (bicyclic) bond motifs is 1. The van der Waals surface area contributed by atoms with Gasteiger partial charge in [0.05, 0.1) is 13.7 Å². The molecule has 188 valence electrons. The molecule has 2 aliphatic heterocycles. The van der Waals surface area contributed by atoms with Crippen LogP contribution in [0.25, 0.3) is 0 Å². The van der Waals surface area contributed by atoms with Crippen molar-refractivity contribution in [3.63, 3.8) is 0 Å². The Morgan fingerprint density at radius 2 is 1.89 bits per heavy atom. The van der Waals surface area contributed by atoms with Crippen LogP contribution in [-0.4, -0.2) is 64.7 Å². The van der Waals surface area contributed by atoms with E-state index in [1.165, 1.54) is 11.1 Å². The van der Waals surface area contributed by atoms with E-state index in [4.69, 9.17) is 9.84 Å². The molecule has 3 aromatic rings. The molecule has 2 aliphatic rings. The van der Waals surface area contributed by atoms with Gasteiger partial charge in [0.1, 0.15) is 5.75 Å². The molecule has 0 aliphatic carbocycles. The quantitative estimate of drug-likeness (QED) is 0.529. The Balaban J connectivity index is 1.36. The average molecular weight is 488 g/mol. The van der Waals surface area contributed by atoms with Gasteiger partial charge in [0, 0.05) is 56.9 Å². The van der Waals surface area contributed by atoms with Crippen molar-refractivity contribution in [1.29, 1.82) is 0 Å². The van der Waals surface area contributed by atoms with Gasteiger partial charge < -0.3 is 15.0 Å². The molecule has 1 saturated heterocycles. The molecule has 8 heteroatoms. The highest BCUT2D eigenvalue weighted by Crippen LogP contribution is 2.26. The second kappa shape index (κ2) is 11.0. The van der Waals surface area contributed by atoms with Gasteiger partial charge in [0.15, 0.2) is 5.69 Å². The Morgan fingerprint density at radius 3 is 2.69 bits per heavy atom. The molecular formula is C28H33N5O3. The molecule has 1 aromatic heterocycles. The van der Waals surface area contributed by atoms with Crippen LogP contribution in [0.3, 0.4) is 0 Å². The molecule has 36 heavy (non-hydrogen) atoms. The summed E-state index contributed by atoms with van der Waals surface area (Å²) in [6, 6.07) is 18.6. The van der Waals surface area contributed by atoms with Crippen LogP contribution in [0.15, 0.2) is 54.6 Å². The highest BCUT2D eigenvalue weighted by Gasteiger charge is 2.32. The third-order valence-corrected chi connectivity index (χ3v) is 6.96. The van der Waals surface area contributed by atoms with Gasteiger partial charge in [-0.2, -0.15) is 5.10 Å². The summed E-state index contributed by atoms with van der Waals surface area (Å²) >= 11 is 0. The van der Waals surface area contributed by atoms with Crippen molar-refractivity contribution in [2.45, 2.75) is 38.9 Å². The van der Waals surface area contributed by atoms with E-state index < -0.39 is 0 Å². The molecule has 0 unspecified atom stereocenters. The SMILES string of the molecule is COc1cccc(CN2CCc3c(c(C(=O)N4CCNC(=O)C4)nn3CCCc3ccccc3)C2)c1. The zero-order valence-corrected chi connectivity index (χ0v) is 20.8. The van der Waals surface area contributed by atoms with Gasteiger partial charge in [0.2, 0.25) is 5.91 Å². The summed E-state index contributed by atoms with van der Waals surface area (Å²) in [6.07, 6.45) is 2.75. The van der Waals surface area contributed by atoms with E-state index in [9.17, 15) is 9.59 Å². The standard InChI is InChI=1S/C28H33N5O3/c1-36-23-11-5-9-22(17-23)18-31-15-12-25-24(19-31)27(28(35)32-16-13-29-26(34)20-32)30-33(25)14-6-10-21-7-3-2-4-8-21/h2-5,7-9,11,17H,6,10,12-16,18-20H2,1H3,(H,29,34). The van der Waals surface area contributed by atoms with Crippen molar-refractivity contribution in [3.05, 3.63) is 82.7 Å². The minimum absolute atomic E-state index is 0.0853. The smallest absolute Gasteiger partial charge is 0.275 e. The van der Waals surface area contributed by atoms with Crippen molar-refractivity contribution in [3.8, 4) is 5.75 Å². The number of hydrogen-bond acceptors (Lipinski definition) is 5. The third kappa shape index (κ3) is 5.44. The number of aromatic nitrogens is 2. The lowest BCUT2D eigenvalue weighted by atomic mass is 10.0. The summed E-state index contributed by atoms with van der Waals surface area (Å²) in [5.74, 6) is 0.576. The average Bonchev–Trinajstić information content (AvgIpc) is 3.26. The molecule has 0 atom stereocenters. The van der Waals surface area contributed by atoms with Gasteiger partial charge in [-0.1, -0.05) is 42.5 Å². The lowest BCUT2D eigenvalue weighted by molar-refractivity contribution is -0.123. The summed E-state index contributed by atoms with van der Waals surface area (Å²) in [4.78, 5) is 29.4. The number of amides is 2. The van der Waals surface area contributed by atoms with Crippen LogP contribution < -0.4 is 10.1 Å². The van der Waals surface area contributed by atoms with Crippen LogP contribution in [0.1, 0.15) is 39.3 Å². The fraction of sp³-hybridized carbons (Fsp3) is 0.393. The van der Waals surface area contributed by atoms with Crippen LogP contribution >= 0.6 is 0 Å². The van der Waals surface area contributed by atoms with Crippen molar-refractivity contribution >= 4 is 11.8 Å². The first-order valence-corrected chi connectivity index (χ1v) is 12.6. The Labute approximate surface area is 211 Å². The number of ether oxygens (including phenoxy) is 1. The highest BCUT2D eigenvalue weighted by atomic mass is 16.5. The highest BCUT2D eigenvalue weighted by molar-refractivity contribution is 5.97. The number of carbonyl (C=O) groups excluding carboxylic acids is 2. The van der Waals surface area contributed by atoms with Crippen LogP contribution in [0, 0.1) is 0 Å². The molecule has 2 amide bonds. The van der Waals surface area contributed by atoms with E-state index in [0.717, 1.165) is 55.9 Å². The Morgan fingerprint density at radius 1 is 1.06 bits per heavy atom. The van der Waals surface area contributed by atoms with Gasteiger partial charge in [0.25, 0.3) is 5.91 Å².